The molecule has 1 atom stereocenters. The van der Waals surface area contributed by atoms with Crippen LogP contribution in [0.25, 0.3) is 10.9 Å². The first-order chi connectivity index (χ1) is 9.78. The van der Waals surface area contributed by atoms with E-state index in [9.17, 15) is 5.26 Å². The molecular weight excluding hydrogens is 250 g/mol. The number of rotatable bonds is 3. The topological polar surface area (TPSA) is 49.1 Å². The van der Waals surface area contributed by atoms with Crippen LogP contribution in [0, 0.1) is 11.3 Å². The fourth-order valence-electron chi connectivity index (χ4n) is 2.66. The number of aromatic nitrogens is 1. The van der Waals surface area contributed by atoms with Crippen LogP contribution in [0.2, 0.25) is 0 Å². The van der Waals surface area contributed by atoms with Crippen molar-refractivity contribution in [2.24, 2.45) is 0 Å². The quantitative estimate of drug-likeness (QED) is 0.858. The van der Waals surface area contributed by atoms with Gasteiger partial charge in [-0.05, 0) is 25.0 Å². The van der Waals surface area contributed by atoms with Gasteiger partial charge in [-0.2, -0.15) is 5.26 Å². The van der Waals surface area contributed by atoms with E-state index in [4.69, 9.17) is 4.74 Å². The summed E-state index contributed by atoms with van der Waals surface area (Å²) in [5.41, 5.74) is 1.53. The SMILES string of the molecule is CN(CC1CCCO1)c1nc2ccccc2cc1C#N. The Morgan fingerprint density at radius 2 is 2.30 bits per heavy atom. The van der Waals surface area contributed by atoms with Gasteiger partial charge in [0.25, 0.3) is 0 Å². The van der Waals surface area contributed by atoms with E-state index in [1.54, 1.807) is 0 Å². The summed E-state index contributed by atoms with van der Waals surface area (Å²) in [6.07, 6.45) is 2.45. The van der Waals surface area contributed by atoms with Gasteiger partial charge in [0.1, 0.15) is 11.9 Å². The molecule has 0 radical (unpaired) electrons. The van der Waals surface area contributed by atoms with Crippen LogP contribution in [-0.2, 0) is 4.74 Å². The van der Waals surface area contributed by atoms with Crippen molar-refractivity contribution in [3.8, 4) is 6.07 Å². The van der Waals surface area contributed by atoms with Crippen molar-refractivity contribution >= 4 is 16.7 Å². The van der Waals surface area contributed by atoms with E-state index in [1.807, 2.05) is 42.3 Å². The van der Waals surface area contributed by atoms with Gasteiger partial charge in [0.15, 0.2) is 0 Å². The van der Waals surface area contributed by atoms with E-state index in [0.29, 0.717) is 5.56 Å². The second-order valence-electron chi connectivity index (χ2n) is 5.18. The zero-order valence-electron chi connectivity index (χ0n) is 11.5. The normalized spacial score (nSPS) is 18.1. The molecule has 0 spiro atoms. The lowest BCUT2D eigenvalue weighted by Gasteiger charge is -2.22. The van der Waals surface area contributed by atoms with Gasteiger partial charge in [0.05, 0.1) is 17.2 Å². The van der Waals surface area contributed by atoms with Crippen LogP contribution in [-0.4, -0.2) is 31.3 Å². The fraction of sp³-hybridized carbons (Fsp3) is 0.375. The molecule has 20 heavy (non-hydrogen) atoms. The zero-order valence-corrected chi connectivity index (χ0v) is 11.5. The molecule has 1 aliphatic rings. The van der Waals surface area contributed by atoms with Crippen LogP contribution in [0.5, 0.6) is 0 Å². The number of hydrogen-bond donors (Lipinski definition) is 0. The fourth-order valence-corrected chi connectivity index (χ4v) is 2.66. The van der Waals surface area contributed by atoms with E-state index in [0.717, 1.165) is 42.7 Å². The summed E-state index contributed by atoms with van der Waals surface area (Å²) in [5.74, 6) is 0.738. The number of benzene rings is 1. The van der Waals surface area contributed by atoms with Crippen LogP contribution in [0.4, 0.5) is 5.82 Å². The first-order valence-electron chi connectivity index (χ1n) is 6.90. The summed E-state index contributed by atoms with van der Waals surface area (Å²) < 4.78 is 5.65. The van der Waals surface area contributed by atoms with E-state index in [2.05, 4.69) is 11.1 Å². The van der Waals surface area contributed by atoms with Gasteiger partial charge in [-0.3, -0.25) is 0 Å². The second kappa shape index (κ2) is 5.48. The van der Waals surface area contributed by atoms with Crippen molar-refractivity contribution in [2.75, 3.05) is 25.1 Å². The van der Waals surface area contributed by atoms with Crippen molar-refractivity contribution in [1.29, 1.82) is 5.26 Å². The van der Waals surface area contributed by atoms with Crippen molar-refractivity contribution in [3.05, 3.63) is 35.9 Å². The Bertz CT molecular complexity index is 656. The van der Waals surface area contributed by atoms with Gasteiger partial charge < -0.3 is 9.64 Å². The maximum Gasteiger partial charge on any atom is 0.147 e. The number of ether oxygens (including phenoxy) is 1. The van der Waals surface area contributed by atoms with E-state index >= 15 is 0 Å². The van der Waals surface area contributed by atoms with Crippen LogP contribution in [0.1, 0.15) is 18.4 Å². The Morgan fingerprint density at radius 1 is 1.45 bits per heavy atom. The maximum absolute atomic E-state index is 9.34. The van der Waals surface area contributed by atoms with Gasteiger partial charge in [-0.15, -0.1) is 0 Å². The molecule has 0 saturated carbocycles. The van der Waals surface area contributed by atoms with Gasteiger partial charge in [-0.25, -0.2) is 4.98 Å². The van der Waals surface area contributed by atoms with Gasteiger partial charge >= 0.3 is 0 Å². The van der Waals surface area contributed by atoms with Gasteiger partial charge in [-0.1, -0.05) is 18.2 Å². The molecule has 1 aliphatic heterocycles. The maximum atomic E-state index is 9.34. The summed E-state index contributed by atoms with van der Waals surface area (Å²) in [6.45, 7) is 1.62. The van der Waals surface area contributed by atoms with Crippen molar-refractivity contribution in [3.63, 3.8) is 0 Å². The first kappa shape index (κ1) is 12.9. The second-order valence-corrected chi connectivity index (χ2v) is 5.18. The Morgan fingerprint density at radius 3 is 3.05 bits per heavy atom. The Hall–Kier alpha value is -2.12. The summed E-state index contributed by atoms with van der Waals surface area (Å²) in [6, 6.07) is 12.0. The number of likely N-dealkylation sites (N-methyl/N-ethyl adjacent to an activating group) is 1. The van der Waals surface area contributed by atoms with Crippen LogP contribution in [0.15, 0.2) is 30.3 Å². The minimum atomic E-state index is 0.250. The average Bonchev–Trinajstić information content (AvgIpc) is 2.98. The number of nitrogens with zero attached hydrogens (tertiary/aromatic N) is 3. The highest BCUT2D eigenvalue weighted by molar-refractivity contribution is 5.83. The molecule has 2 aromatic rings. The van der Waals surface area contributed by atoms with E-state index in [-0.39, 0.29) is 6.10 Å². The lowest BCUT2D eigenvalue weighted by Crippen LogP contribution is -2.29. The van der Waals surface area contributed by atoms with Crippen molar-refractivity contribution in [1.82, 2.24) is 4.98 Å². The molecule has 1 aromatic carbocycles. The lowest BCUT2D eigenvalue weighted by molar-refractivity contribution is 0.116. The Kier molecular flexibility index (Phi) is 3.53. The smallest absolute Gasteiger partial charge is 0.147 e. The van der Waals surface area contributed by atoms with Crippen LogP contribution in [0.3, 0.4) is 0 Å². The summed E-state index contributed by atoms with van der Waals surface area (Å²) in [5, 5.41) is 10.3. The van der Waals surface area contributed by atoms with E-state index < -0.39 is 0 Å². The highest BCUT2D eigenvalue weighted by Crippen LogP contribution is 2.23. The Labute approximate surface area is 118 Å². The van der Waals surface area contributed by atoms with E-state index in [1.165, 1.54) is 0 Å². The van der Waals surface area contributed by atoms with Crippen molar-refractivity contribution in [2.45, 2.75) is 18.9 Å². The number of fused-ring (bicyclic) bond motifs is 1. The first-order valence-corrected chi connectivity index (χ1v) is 6.90. The molecule has 2 heterocycles. The molecular formula is C16H17N3O. The summed E-state index contributed by atoms with van der Waals surface area (Å²) in [7, 11) is 1.97. The molecule has 1 unspecified atom stereocenters. The summed E-state index contributed by atoms with van der Waals surface area (Å²) >= 11 is 0. The van der Waals surface area contributed by atoms with Gasteiger partial charge in [0.2, 0.25) is 0 Å². The zero-order chi connectivity index (χ0) is 13.9. The third kappa shape index (κ3) is 2.45. The third-order valence-electron chi connectivity index (χ3n) is 3.69. The van der Waals surface area contributed by atoms with Crippen LogP contribution < -0.4 is 4.90 Å². The predicted octanol–water partition coefficient (Wildman–Crippen LogP) is 2.72. The minimum absolute atomic E-state index is 0.250. The molecule has 0 N–H and O–H groups in total. The monoisotopic (exact) mass is 267 g/mol. The molecule has 1 fully saturated rings. The number of nitriles is 1. The highest BCUT2D eigenvalue weighted by atomic mass is 16.5. The Balaban J connectivity index is 1.94. The molecule has 4 heteroatoms. The number of anilines is 1. The molecule has 0 bridgehead atoms. The average molecular weight is 267 g/mol. The predicted molar refractivity (Wildman–Crippen MR) is 78.7 cm³/mol. The minimum Gasteiger partial charge on any atom is -0.376 e. The number of pyridine rings is 1. The van der Waals surface area contributed by atoms with Gasteiger partial charge in [0, 0.05) is 25.6 Å². The molecule has 4 nitrogen and oxygen atoms in total. The molecule has 3 rings (SSSR count). The number of para-hydroxylation sites is 1. The highest BCUT2D eigenvalue weighted by Gasteiger charge is 2.20. The third-order valence-corrected chi connectivity index (χ3v) is 3.69. The summed E-state index contributed by atoms with van der Waals surface area (Å²) in [4.78, 5) is 6.66. The number of hydrogen-bond acceptors (Lipinski definition) is 4. The molecule has 1 saturated heterocycles. The molecule has 0 amide bonds. The largest absolute Gasteiger partial charge is 0.376 e. The lowest BCUT2D eigenvalue weighted by atomic mass is 10.1. The van der Waals surface area contributed by atoms with Crippen molar-refractivity contribution < 1.29 is 4.74 Å². The van der Waals surface area contributed by atoms with Crippen LogP contribution >= 0.6 is 0 Å². The standard InChI is InChI=1S/C16H17N3O/c1-19(11-14-6-4-8-20-14)16-13(10-17)9-12-5-2-3-7-15(12)18-16/h2-3,5,7,9,14H,4,6,8,11H2,1H3. The molecule has 1 aromatic heterocycles. The molecule has 0 aliphatic carbocycles. The molecule has 102 valence electrons.